The number of esters is 1. The Kier molecular flexibility index (Phi) is 6.19. The van der Waals surface area contributed by atoms with Crippen molar-refractivity contribution >= 4 is 17.3 Å². The van der Waals surface area contributed by atoms with Crippen LogP contribution in [0.25, 0.3) is 0 Å². The predicted octanol–water partition coefficient (Wildman–Crippen LogP) is 3.77. The van der Waals surface area contributed by atoms with E-state index in [4.69, 9.17) is 4.74 Å². The number of ether oxygens (including phenoxy) is 2. The first-order valence-electron chi connectivity index (χ1n) is 7.57. The van der Waals surface area contributed by atoms with Crippen molar-refractivity contribution in [1.82, 2.24) is 5.32 Å². The van der Waals surface area contributed by atoms with Crippen LogP contribution >= 0.6 is 11.3 Å². The molecule has 0 saturated heterocycles. The summed E-state index contributed by atoms with van der Waals surface area (Å²) < 4.78 is 10.2. The molecule has 4 nitrogen and oxygen atoms in total. The molecule has 0 aliphatic carbocycles. The van der Waals surface area contributed by atoms with E-state index in [9.17, 15) is 4.79 Å². The van der Waals surface area contributed by atoms with Crippen LogP contribution in [0.1, 0.15) is 34.5 Å². The van der Waals surface area contributed by atoms with Crippen molar-refractivity contribution in [3.8, 4) is 5.75 Å². The predicted molar refractivity (Wildman–Crippen MR) is 93.0 cm³/mol. The number of hydrogen-bond acceptors (Lipinski definition) is 5. The van der Waals surface area contributed by atoms with E-state index in [1.54, 1.807) is 11.3 Å². The molecule has 0 saturated carbocycles. The molecule has 1 heterocycles. The van der Waals surface area contributed by atoms with Crippen molar-refractivity contribution < 1.29 is 14.3 Å². The van der Waals surface area contributed by atoms with Gasteiger partial charge in [0.15, 0.2) is 6.61 Å². The van der Waals surface area contributed by atoms with E-state index in [0.717, 1.165) is 23.4 Å². The number of thiophene rings is 1. The van der Waals surface area contributed by atoms with Gasteiger partial charge in [0.2, 0.25) is 0 Å². The number of aryl methyl sites for hydroxylation is 2. The highest BCUT2D eigenvalue weighted by Crippen LogP contribution is 2.25. The van der Waals surface area contributed by atoms with Crippen molar-refractivity contribution in [2.45, 2.75) is 33.4 Å². The van der Waals surface area contributed by atoms with Crippen LogP contribution in [-0.2, 0) is 16.1 Å². The van der Waals surface area contributed by atoms with Gasteiger partial charge in [-0.3, -0.25) is 0 Å². The maximum absolute atomic E-state index is 11.2. The van der Waals surface area contributed by atoms with Gasteiger partial charge in [-0.05, 0) is 48.9 Å². The Labute approximate surface area is 141 Å². The summed E-state index contributed by atoms with van der Waals surface area (Å²) in [5.74, 6) is 0.379. The molecule has 2 aromatic rings. The zero-order valence-corrected chi connectivity index (χ0v) is 14.8. The van der Waals surface area contributed by atoms with Crippen LogP contribution in [0.3, 0.4) is 0 Å². The summed E-state index contributed by atoms with van der Waals surface area (Å²) in [6, 6.07) is 8.72. The first-order chi connectivity index (χ1) is 11.0. The van der Waals surface area contributed by atoms with Gasteiger partial charge in [0.1, 0.15) is 5.75 Å². The summed E-state index contributed by atoms with van der Waals surface area (Å²) in [4.78, 5) is 12.5. The Morgan fingerprint density at radius 2 is 2.00 bits per heavy atom. The lowest BCUT2D eigenvalue weighted by molar-refractivity contribution is -0.142. The average Bonchev–Trinajstić information content (AvgIpc) is 3.06. The molecule has 2 rings (SSSR count). The lowest BCUT2D eigenvalue weighted by atomic mass is 10.1. The number of benzene rings is 1. The van der Waals surface area contributed by atoms with Crippen LogP contribution in [0.5, 0.6) is 5.75 Å². The van der Waals surface area contributed by atoms with E-state index in [0.29, 0.717) is 6.04 Å². The third-order valence-corrected chi connectivity index (χ3v) is 4.72. The van der Waals surface area contributed by atoms with Gasteiger partial charge in [-0.2, -0.15) is 0 Å². The van der Waals surface area contributed by atoms with Crippen LogP contribution in [0, 0.1) is 13.8 Å². The Balaban J connectivity index is 2.00. The number of nitrogens with one attached hydrogen (secondary N) is 1. The standard InChI is InChI=1S/C18H23NO3S/c1-12-8-15(10-19-14(3)16-6-5-7-23-16)9-13(2)18(12)22-11-17(20)21-4/h5-9,14,19H,10-11H2,1-4H3. The third kappa shape index (κ3) is 4.81. The van der Waals surface area contributed by atoms with Crippen molar-refractivity contribution in [2.75, 3.05) is 13.7 Å². The fraction of sp³-hybridized carbons (Fsp3) is 0.389. The SMILES string of the molecule is COC(=O)COc1c(C)cc(CNC(C)c2cccs2)cc1C. The number of carbonyl (C=O) groups excluding carboxylic acids is 1. The molecule has 1 aromatic carbocycles. The molecule has 1 atom stereocenters. The largest absolute Gasteiger partial charge is 0.481 e. The molecular formula is C18H23NO3S. The summed E-state index contributed by atoms with van der Waals surface area (Å²) in [6.45, 7) is 6.88. The minimum Gasteiger partial charge on any atom is -0.481 e. The summed E-state index contributed by atoms with van der Waals surface area (Å²) >= 11 is 1.76. The lowest BCUT2D eigenvalue weighted by Crippen LogP contribution is -2.17. The van der Waals surface area contributed by atoms with Gasteiger partial charge in [-0.1, -0.05) is 18.2 Å². The second-order valence-corrected chi connectivity index (χ2v) is 6.52. The normalized spacial score (nSPS) is 12.0. The fourth-order valence-corrected chi connectivity index (χ4v) is 3.23. The topological polar surface area (TPSA) is 47.6 Å². The monoisotopic (exact) mass is 333 g/mol. The number of rotatable bonds is 7. The molecule has 0 spiro atoms. The van der Waals surface area contributed by atoms with Gasteiger partial charge in [0.25, 0.3) is 0 Å². The Hall–Kier alpha value is -1.85. The van der Waals surface area contributed by atoms with Gasteiger partial charge in [-0.25, -0.2) is 4.79 Å². The van der Waals surface area contributed by atoms with Gasteiger partial charge in [0.05, 0.1) is 7.11 Å². The lowest BCUT2D eigenvalue weighted by Gasteiger charge is -2.16. The molecule has 1 N–H and O–H groups in total. The van der Waals surface area contributed by atoms with E-state index in [2.05, 4.69) is 46.6 Å². The van der Waals surface area contributed by atoms with E-state index < -0.39 is 0 Å². The number of hydrogen-bond donors (Lipinski definition) is 1. The van der Waals surface area contributed by atoms with Crippen LogP contribution in [0.4, 0.5) is 0 Å². The number of methoxy groups -OCH3 is 1. The average molecular weight is 333 g/mol. The quantitative estimate of drug-likeness (QED) is 0.784. The molecule has 1 aromatic heterocycles. The van der Waals surface area contributed by atoms with Crippen molar-refractivity contribution in [1.29, 1.82) is 0 Å². The van der Waals surface area contributed by atoms with Gasteiger partial charge in [-0.15, -0.1) is 11.3 Å². The number of carbonyl (C=O) groups is 1. The molecule has 0 aliphatic heterocycles. The zero-order chi connectivity index (χ0) is 16.8. The third-order valence-electron chi connectivity index (χ3n) is 3.66. The van der Waals surface area contributed by atoms with Crippen LogP contribution in [0.15, 0.2) is 29.6 Å². The highest BCUT2D eigenvalue weighted by atomic mass is 32.1. The fourth-order valence-electron chi connectivity index (χ4n) is 2.47. The van der Waals surface area contributed by atoms with Gasteiger partial charge in [0, 0.05) is 17.5 Å². The first kappa shape index (κ1) is 17.5. The van der Waals surface area contributed by atoms with Gasteiger partial charge < -0.3 is 14.8 Å². The minimum atomic E-state index is -0.376. The molecule has 5 heteroatoms. The smallest absolute Gasteiger partial charge is 0.343 e. The molecule has 0 fully saturated rings. The Morgan fingerprint density at radius 3 is 2.57 bits per heavy atom. The molecule has 0 amide bonds. The zero-order valence-electron chi connectivity index (χ0n) is 14.0. The van der Waals surface area contributed by atoms with E-state index in [1.807, 2.05) is 13.8 Å². The van der Waals surface area contributed by atoms with Crippen LogP contribution in [0.2, 0.25) is 0 Å². The summed E-state index contributed by atoms with van der Waals surface area (Å²) in [5, 5.41) is 5.62. The van der Waals surface area contributed by atoms with Crippen molar-refractivity contribution in [2.24, 2.45) is 0 Å². The Bertz CT molecular complexity index is 629. The van der Waals surface area contributed by atoms with Crippen molar-refractivity contribution in [3.05, 3.63) is 51.2 Å². The summed E-state index contributed by atoms with van der Waals surface area (Å²) in [7, 11) is 1.36. The maximum Gasteiger partial charge on any atom is 0.343 e. The molecular weight excluding hydrogens is 310 g/mol. The second-order valence-electron chi connectivity index (χ2n) is 5.54. The summed E-state index contributed by atoms with van der Waals surface area (Å²) in [5.41, 5.74) is 3.25. The highest BCUT2D eigenvalue weighted by molar-refractivity contribution is 7.10. The molecule has 0 radical (unpaired) electrons. The highest BCUT2D eigenvalue weighted by Gasteiger charge is 2.11. The molecule has 1 unspecified atom stereocenters. The summed E-state index contributed by atoms with van der Waals surface area (Å²) in [6.07, 6.45) is 0. The van der Waals surface area contributed by atoms with E-state index in [1.165, 1.54) is 17.6 Å². The van der Waals surface area contributed by atoms with Crippen LogP contribution in [-0.4, -0.2) is 19.7 Å². The molecule has 0 bridgehead atoms. The Morgan fingerprint density at radius 1 is 1.30 bits per heavy atom. The first-order valence-corrected chi connectivity index (χ1v) is 8.45. The van der Waals surface area contributed by atoms with E-state index >= 15 is 0 Å². The maximum atomic E-state index is 11.2. The minimum absolute atomic E-state index is 0.0643. The second kappa shape index (κ2) is 8.13. The molecule has 124 valence electrons. The van der Waals surface area contributed by atoms with E-state index in [-0.39, 0.29) is 12.6 Å². The van der Waals surface area contributed by atoms with Crippen molar-refractivity contribution in [3.63, 3.8) is 0 Å². The van der Waals surface area contributed by atoms with Gasteiger partial charge >= 0.3 is 5.97 Å². The van der Waals surface area contributed by atoms with Crippen LogP contribution < -0.4 is 10.1 Å². The molecule has 0 aliphatic rings. The molecule has 23 heavy (non-hydrogen) atoms.